The number of benzene rings is 2. The Morgan fingerprint density at radius 3 is 2.31 bits per heavy atom. The maximum atomic E-state index is 5.99. The summed E-state index contributed by atoms with van der Waals surface area (Å²) in [6, 6.07) is 14.3. The molecule has 0 amide bonds. The van der Waals surface area contributed by atoms with E-state index in [2.05, 4.69) is 18.2 Å². The first kappa shape index (κ1) is 9.37. The number of fused-ring (bicyclic) bond motifs is 1. The van der Waals surface area contributed by atoms with Crippen molar-refractivity contribution in [2.75, 3.05) is 0 Å². The van der Waals surface area contributed by atoms with Gasteiger partial charge in [0.05, 0.1) is 0 Å². The van der Waals surface area contributed by atoms with Crippen molar-refractivity contribution in [3.63, 3.8) is 0 Å². The number of hydrogen-bond acceptors (Lipinski definition) is 0. The lowest BCUT2D eigenvalue weighted by molar-refractivity contribution is 1.78. The van der Waals surface area contributed by atoms with Crippen LogP contribution in [0.15, 0.2) is 42.5 Å². The summed E-state index contributed by atoms with van der Waals surface area (Å²) in [4.78, 5) is 0. The van der Waals surface area contributed by atoms with Crippen molar-refractivity contribution in [1.82, 2.24) is 0 Å². The van der Waals surface area contributed by atoms with Crippen LogP contribution < -0.4 is 4.43 Å². The molecule has 0 saturated heterocycles. The first-order chi connectivity index (χ1) is 6.29. The quantitative estimate of drug-likeness (QED) is 0.654. The molecule has 0 atom stereocenters. The summed E-state index contributed by atoms with van der Waals surface area (Å²) >= 11 is -1.73. The van der Waals surface area contributed by atoms with E-state index >= 15 is 0 Å². The maximum Gasteiger partial charge on any atom is 0.556 e. The fourth-order valence-corrected chi connectivity index (χ4v) is 3.34. The van der Waals surface area contributed by atoms with E-state index in [1.807, 2.05) is 24.3 Å². The zero-order chi connectivity index (χ0) is 9.26. The van der Waals surface area contributed by atoms with Crippen LogP contribution in [0.3, 0.4) is 0 Å². The Morgan fingerprint density at radius 2 is 1.54 bits per heavy atom. The molecule has 0 radical (unpaired) electrons. The van der Waals surface area contributed by atoms with Crippen molar-refractivity contribution in [3.8, 4) is 0 Å². The highest BCUT2D eigenvalue weighted by atomic mass is 35.7. The fraction of sp³-hybridized carbons (Fsp3) is 0. The van der Waals surface area contributed by atoms with Gasteiger partial charge in [0.15, 0.2) is 0 Å². The average Bonchev–Trinajstić information content (AvgIpc) is 2.17. The maximum absolute atomic E-state index is 5.99. The molecule has 0 spiro atoms. The molecule has 0 aliphatic carbocycles. The normalized spacial score (nSPS) is 10.3. The molecule has 64 valence electrons. The van der Waals surface area contributed by atoms with Gasteiger partial charge in [-0.3, -0.25) is 0 Å². The summed E-state index contributed by atoms with van der Waals surface area (Å²) in [5.74, 6) is 0. The Kier molecular flexibility index (Phi) is 2.81. The minimum absolute atomic E-state index is 1.11. The van der Waals surface area contributed by atoms with Gasteiger partial charge in [-0.2, -0.15) is 0 Å². The molecule has 0 N–H and O–H groups in total. The zero-order valence-corrected chi connectivity index (χ0v) is 9.54. The van der Waals surface area contributed by atoms with E-state index in [0.29, 0.717) is 0 Å². The Bertz CT molecular complexity index is 421. The summed E-state index contributed by atoms with van der Waals surface area (Å²) < 4.78 is 1.11. The molecule has 2 aromatic rings. The van der Waals surface area contributed by atoms with Gasteiger partial charge < -0.3 is 0 Å². The molecule has 0 nitrogen and oxygen atoms in total. The van der Waals surface area contributed by atoms with E-state index in [9.17, 15) is 0 Å². The minimum atomic E-state index is -1.73. The van der Waals surface area contributed by atoms with Gasteiger partial charge in [-0.05, 0) is 10.8 Å². The van der Waals surface area contributed by atoms with Crippen molar-refractivity contribution in [2.45, 2.75) is 0 Å². The molecular formula is C10H7AlCl2. The van der Waals surface area contributed by atoms with Crippen molar-refractivity contribution in [2.24, 2.45) is 0 Å². The standard InChI is InChI=1S/C10H7.Al.2ClH/c1-2-6-10-8-4-3-7-9(10)5-1;;;/h1-7H;;2*1H/q;+2;;/p-2. The second-order valence-corrected chi connectivity index (χ2v) is 7.38. The second-order valence-electron chi connectivity index (χ2n) is 2.87. The third-order valence-corrected chi connectivity index (χ3v) is 4.44. The van der Waals surface area contributed by atoms with E-state index in [-0.39, 0.29) is 0 Å². The summed E-state index contributed by atoms with van der Waals surface area (Å²) in [5, 5.41) is 2.39. The zero-order valence-electron chi connectivity index (χ0n) is 6.87. The Labute approximate surface area is 89.9 Å². The Balaban J connectivity index is 2.76. The smallest absolute Gasteiger partial charge is 0.226 e. The molecule has 0 aromatic heterocycles. The number of rotatable bonds is 1. The van der Waals surface area contributed by atoms with E-state index in [0.717, 1.165) is 4.43 Å². The lowest BCUT2D eigenvalue weighted by Crippen LogP contribution is -2.18. The van der Waals surface area contributed by atoms with E-state index in [1.165, 1.54) is 10.8 Å². The third-order valence-electron chi connectivity index (χ3n) is 2.06. The molecule has 3 heteroatoms. The fourth-order valence-electron chi connectivity index (χ4n) is 1.44. The van der Waals surface area contributed by atoms with Gasteiger partial charge in [0.1, 0.15) is 0 Å². The largest absolute Gasteiger partial charge is 0.556 e. The average molecular weight is 225 g/mol. The molecule has 0 unspecified atom stereocenters. The van der Waals surface area contributed by atoms with Gasteiger partial charge >= 0.3 is 12.3 Å². The van der Waals surface area contributed by atoms with Crippen LogP contribution in [0.2, 0.25) is 0 Å². The molecule has 13 heavy (non-hydrogen) atoms. The molecular weight excluding hydrogens is 218 g/mol. The van der Waals surface area contributed by atoms with Crippen LogP contribution in [0.25, 0.3) is 10.8 Å². The van der Waals surface area contributed by atoms with Gasteiger partial charge in [-0.1, -0.05) is 46.9 Å². The predicted molar refractivity (Wildman–Crippen MR) is 61.0 cm³/mol. The molecule has 2 rings (SSSR count). The topological polar surface area (TPSA) is 0 Å². The van der Waals surface area contributed by atoms with Crippen LogP contribution in [0, 0.1) is 0 Å². The van der Waals surface area contributed by atoms with Crippen molar-refractivity contribution in [1.29, 1.82) is 0 Å². The monoisotopic (exact) mass is 224 g/mol. The molecule has 0 heterocycles. The summed E-state index contributed by atoms with van der Waals surface area (Å²) in [6.07, 6.45) is 0. The van der Waals surface area contributed by atoms with Crippen molar-refractivity contribution >= 4 is 47.6 Å². The van der Waals surface area contributed by atoms with Crippen LogP contribution >= 0.6 is 20.1 Å². The highest BCUT2D eigenvalue weighted by molar-refractivity contribution is 7.40. The Morgan fingerprint density at radius 1 is 0.846 bits per heavy atom. The predicted octanol–water partition coefficient (Wildman–Crippen LogP) is 3.01. The SMILES string of the molecule is [Cl][Al]([Cl])[c]1cccc2ccccc12. The van der Waals surface area contributed by atoms with Crippen LogP contribution in [-0.4, -0.2) is 12.3 Å². The first-order valence-electron chi connectivity index (χ1n) is 4.05. The number of halogens is 2. The molecule has 0 saturated carbocycles. The van der Waals surface area contributed by atoms with Gasteiger partial charge in [0.25, 0.3) is 0 Å². The molecule has 2 aromatic carbocycles. The first-order valence-corrected chi connectivity index (χ1v) is 8.12. The van der Waals surface area contributed by atoms with E-state index < -0.39 is 12.3 Å². The van der Waals surface area contributed by atoms with Crippen LogP contribution in [0.1, 0.15) is 0 Å². The summed E-state index contributed by atoms with van der Waals surface area (Å²) in [7, 11) is 12.0. The van der Waals surface area contributed by atoms with Crippen molar-refractivity contribution < 1.29 is 0 Å². The summed E-state index contributed by atoms with van der Waals surface area (Å²) in [6.45, 7) is 0. The van der Waals surface area contributed by atoms with Gasteiger partial charge in [-0.25, -0.2) is 20.1 Å². The second kappa shape index (κ2) is 3.90. The highest BCUT2D eigenvalue weighted by Crippen LogP contribution is 2.13. The molecule has 0 aliphatic heterocycles. The van der Waals surface area contributed by atoms with Crippen LogP contribution in [0.5, 0.6) is 0 Å². The van der Waals surface area contributed by atoms with Gasteiger partial charge in [0, 0.05) is 0 Å². The number of hydrogen-bond donors (Lipinski definition) is 0. The van der Waals surface area contributed by atoms with Crippen LogP contribution in [0.4, 0.5) is 0 Å². The molecule has 0 bridgehead atoms. The summed E-state index contributed by atoms with van der Waals surface area (Å²) in [5.41, 5.74) is 0. The highest BCUT2D eigenvalue weighted by Gasteiger charge is 2.16. The lowest BCUT2D eigenvalue weighted by Gasteiger charge is -2.03. The molecule has 0 aliphatic rings. The Hall–Kier alpha value is -0.188. The van der Waals surface area contributed by atoms with Crippen molar-refractivity contribution in [3.05, 3.63) is 42.5 Å². The lowest BCUT2D eigenvalue weighted by atomic mass is 10.1. The molecule has 0 fully saturated rings. The van der Waals surface area contributed by atoms with Crippen LogP contribution in [-0.2, 0) is 0 Å². The van der Waals surface area contributed by atoms with Gasteiger partial charge in [-0.15, -0.1) is 0 Å². The van der Waals surface area contributed by atoms with E-state index in [4.69, 9.17) is 20.1 Å². The third kappa shape index (κ3) is 1.85. The van der Waals surface area contributed by atoms with E-state index in [1.54, 1.807) is 0 Å². The van der Waals surface area contributed by atoms with Gasteiger partial charge in [0.2, 0.25) is 0 Å². The minimum Gasteiger partial charge on any atom is -0.226 e.